The minimum atomic E-state index is -0.307. The number of rotatable bonds is 5. The van der Waals surface area contributed by atoms with Gasteiger partial charge in [0.1, 0.15) is 5.82 Å². The number of halogens is 1. The Bertz CT molecular complexity index is 1030. The molecule has 1 aliphatic rings. The molecule has 0 N–H and O–H groups in total. The summed E-state index contributed by atoms with van der Waals surface area (Å²) in [6, 6.07) is 6.09. The summed E-state index contributed by atoms with van der Waals surface area (Å²) in [7, 11) is 1.56. The molecule has 0 saturated carbocycles. The highest BCUT2D eigenvalue weighted by molar-refractivity contribution is 5.95. The Morgan fingerprint density at radius 1 is 1.10 bits per heavy atom. The van der Waals surface area contributed by atoms with Gasteiger partial charge in [-0.1, -0.05) is 6.92 Å². The number of ether oxygens (including phenoxy) is 1. The van der Waals surface area contributed by atoms with Crippen molar-refractivity contribution in [3.8, 4) is 11.6 Å². The summed E-state index contributed by atoms with van der Waals surface area (Å²) in [6.07, 6.45) is 5.50. The smallest absolute Gasteiger partial charge is 0.257 e. The van der Waals surface area contributed by atoms with Gasteiger partial charge < -0.3 is 14.5 Å². The van der Waals surface area contributed by atoms with E-state index in [-0.39, 0.29) is 11.7 Å². The first-order valence-corrected chi connectivity index (χ1v) is 9.83. The van der Waals surface area contributed by atoms with Gasteiger partial charge in [0.15, 0.2) is 5.82 Å². The molecule has 9 heteroatoms. The number of hydrogen-bond acceptors (Lipinski definition) is 6. The number of anilines is 1. The molecule has 1 aromatic carbocycles. The van der Waals surface area contributed by atoms with Gasteiger partial charge in [0.2, 0.25) is 5.88 Å². The zero-order chi connectivity index (χ0) is 21.1. The van der Waals surface area contributed by atoms with Gasteiger partial charge in [0, 0.05) is 26.2 Å². The summed E-state index contributed by atoms with van der Waals surface area (Å²) in [6.45, 7) is 4.43. The Morgan fingerprint density at radius 3 is 2.50 bits per heavy atom. The molecule has 156 valence electrons. The van der Waals surface area contributed by atoms with Gasteiger partial charge in [-0.05, 0) is 30.7 Å². The molecule has 3 heterocycles. The summed E-state index contributed by atoms with van der Waals surface area (Å²) in [4.78, 5) is 25.6. The molecule has 3 aromatic rings. The van der Waals surface area contributed by atoms with Crippen molar-refractivity contribution in [1.82, 2.24) is 24.6 Å². The van der Waals surface area contributed by atoms with Crippen LogP contribution in [0.3, 0.4) is 0 Å². The normalized spacial score (nSPS) is 14.1. The molecule has 4 rings (SSSR count). The average Bonchev–Trinajstić information content (AvgIpc) is 3.23. The van der Waals surface area contributed by atoms with Crippen LogP contribution in [0.5, 0.6) is 5.88 Å². The number of methoxy groups -OCH3 is 1. The van der Waals surface area contributed by atoms with E-state index in [1.807, 2.05) is 11.8 Å². The maximum Gasteiger partial charge on any atom is 0.257 e. The average molecular weight is 410 g/mol. The predicted molar refractivity (Wildman–Crippen MR) is 110 cm³/mol. The highest BCUT2D eigenvalue weighted by atomic mass is 19.1. The van der Waals surface area contributed by atoms with Crippen LogP contribution in [-0.2, 0) is 6.42 Å². The van der Waals surface area contributed by atoms with E-state index in [2.05, 4.69) is 20.0 Å². The van der Waals surface area contributed by atoms with Crippen LogP contribution in [0.1, 0.15) is 23.0 Å². The van der Waals surface area contributed by atoms with Crippen molar-refractivity contribution in [2.24, 2.45) is 0 Å². The van der Waals surface area contributed by atoms with Crippen LogP contribution in [0.15, 0.2) is 42.9 Å². The molecule has 1 amide bonds. The lowest BCUT2D eigenvalue weighted by Crippen LogP contribution is -2.49. The number of aromatic nitrogens is 4. The number of piperazine rings is 1. The SMILES string of the molecule is CCc1c(C(=O)N2CCN(c3cncc(OC)n3)CC2)cnn1-c1ccc(F)cc1. The van der Waals surface area contributed by atoms with Crippen LogP contribution in [0, 0.1) is 5.82 Å². The Labute approximate surface area is 173 Å². The summed E-state index contributed by atoms with van der Waals surface area (Å²) < 4.78 is 20.1. The van der Waals surface area contributed by atoms with E-state index in [9.17, 15) is 9.18 Å². The molecule has 2 aromatic heterocycles. The Morgan fingerprint density at radius 2 is 1.83 bits per heavy atom. The topological polar surface area (TPSA) is 76.4 Å². The molecule has 0 aliphatic carbocycles. The van der Waals surface area contributed by atoms with E-state index in [4.69, 9.17) is 4.74 Å². The van der Waals surface area contributed by atoms with Gasteiger partial charge in [0.05, 0.1) is 42.6 Å². The Balaban J connectivity index is 1.48. The van der Waals surface area contributed by atoms with Crippen LogP contribution in [-0.4, -0.2) is 63.8 Å². The largest absolute Gasteiger partial charge is 0.480 e. The Hall–Kier alpha value is -3.49. The third-order valence-corrected chi connectivity index (χ3v) is 5.21. The second-order valence-corrected chi connectivity index (χ2v) is 6.95. The molecule has 0 bridgehead atoms. The lowest BCUT2D eigenvalue weighted by Gasteiger charge is -2.35. The fraction of sp³-hybridized carbons (Fsp3) is 0.333. The monoisotopic (exact) mass is 410 g/mol. The molecule has 0 atom stereocenters. The number of benzene rings is 1. The predicted octanol–water partition coefficient (Wildman–Crippen LogP) is 2.33. The maximum atomic E-state index is 13.2. The number of carbonyl (C=O) groups excluding carboxylic acids is 1. The number of nitrogens with zero attached hydrogens (tertiary/aromatic N) is 6. The third-order valence-electron chi connectivity index (χ3n) is 5.21. The molecule has 30 heavy (non-hydrogen) atoms. The van der Waals surface area contributed by atoms with Crippen molar-refractivity contribution in [1.29, 1.82) is 0 Å². The molecule has 0 unspecified atom stereocenters. The summed E-state index contributed by atoms with van der Waals surface area (Å²) in [5.41, 5.74) is 2.12. The van der Waals surface area contributed by atoms with Crippen molar-refractivity contribution >= 4 is 11.7 Å². The molecule has 1 fully saturated rings. The number of hydrogen-bond donors (Lipinski definition) is 0. The van der Waals surface area contributed by atoms with E-state index in [0.717, 1.165) is 17.2 Å². The van der Waals surface area contributed by atoms with E-state index in [0.29, 0.717) is 44.0 Å². The first-order valence-electron chi connectivity index (χ1n) is 9.83. The van der Waals surface area contributed by atoms with Gasteiger partial charge in [-0.25, -0.2) is 9.07 Å². The quantitative estimate of drug-likeness (QED) is 0.643. The molecule has 8 nitrogen and oxygen atoms in total. The van der Waals surface area contributed by atoms with Crippen molar-refractivity contribution < 1.29 is 13.9 Å². The molecule has 1 aliphatic heterocycles. The van der Waals surface area contributed by atoms with Crippen LogP contribution >= 0.6 is 0 Å². The summed E-state index contributed by atoms with van der Waals surface area (Å²) in [5, 5.41) is 4.39. The Kier molecular flexibility index (Phi) is 5.60. The second-order valence-electron chi connectivity index (χ2n) is 6.95. The van der Waals surface area contributed by atoms with Crippen molar-refractivity contribution in [3.05, 3.63) is 59.9 Å². The maximum absolute atomic E-state index is 13.2. The van der Waals surface area contributed by atoms with E-state index in [1.165, 1.54) is 12.1 Å². The molecular weight excluding hydrogens is 387 g/mol. The fourth-order valence-corrected chi connectivity index (χ4v) is 3.60. The fourth-order valence-electron chi connectivity index (χ4n) is 3.60. The lowest BCUT2D eigenvalue weighted by atomic mass is 10.1. The van der Waals surface area contributed by atoms with Gasteiger partial charge in [-0.15, -0.1) is 0 Å². The lowest BCUT2D eigenvalue weighted by molar-refractivity contribution is 0.0745. The van der Waals surface area contributed by atoms with Crippen LogP contribution in [0.25, 0.3) is 5.69 Å². The minimum absolute atomic E-state index is 0.0448. The van der Waals surface area contributed by atoms with Gasteiger partial charge in [-0.3, -0.25) is 9.78 Å². The highest BCUT2D eigenvalue weighted by Crippen LogP contribution is 2.20. The van der Waals surface area contributed by atoms with E-state index in [1.54, 1.807) is 42.5 Å². The zero-order valence-electron chi connectivity index (χ0n) is 17.0. The summed E-state index contributed by atoms with van der Waals surface area (Å²) >= 11 is 0. The van der Waals surface area contributed by atoms with Gasteiger partial charge in [-0.2, -0.15) is 10.1 Å². The molecule has 0 radical (unpaired) electrons. The number of amides is 1. The standard InChI is InChI=1S/C21H23FN6O2/c1-3-18-17(12-24-28(18)16-6-4-15(22)5-7-16)21(29)27-10-8-26(9-11-27)19-13-23-14-20(25-19)30-2/h4-7,12-14H,3,8-11H2,1-2H3. The molecule has 0 spiro atoms. The van der Waals surface area contributed by atoms with E-state index >= 15 is 0 Å². The van der Waals surface area contributed by atoms with Crippen molar-refractivity contribution in [2.75, 3.05) is 38.2 Å². The van der Waals surface area contributed by atoms with Crippen molar-refractivity contribution in [2.45, 2.75) is 13.3 Å². The van der Waals surface area contributed by atoms with Crippen LogP contribution in [0.4, 0.5) is 10.2 Å². The third kappa shape index (κ3) is 3.83. The van der Waals surface area contributed by atoms with Crippen LogP contribution in [0.2, 0.25) is 0 Å². The van der Waals surface area contributed by atoms with Crippen LogP contribution < -0.4 is 9.64 Å². The second kappa shape index (κ2) is 8.48. The molecular formula is C21H23FN6O2. The minimum Gasteiger partial charge on any atom is -0.480 e. The molecule has 1 saturated heterocycles. The first kappa shape index (κ1) is 19.8. The highest BCUT2D eigenvalue weighted by Gasteiger charge is 2.26. The van der Waals surface area contributed by atoms with Gasteiger partial charge in [0.25, 0.3) is 5.91 Å². The first-order chi connectivity index (χ1) is 14.6. The summed E-state index contributed by atoms with van der Waals surface area (Å²) in [5.74, 6) is 0.849. The number of carbonyl (C=O) groups is 1. The van der Waals surface area contributed by atoms with Gasteiger partial charge >= 0.3 is 0 Å². The van der Waals surface area contributed by atoms with Crippen molar-refractivity contribution in [3.63, 3.8) is 0 Å². The van der Waals surface area contributed by atoms with E-state index < -0.39 is 0 Å². The zero-order valence-corrected chi connectivity index (χ0v) is 17.0.